The molecule has 1 saturated heterocycles. The quantitative estimate of drug-likeness (QED) is 0.488. The van der Waals surface area contributed by atoms with Crippen molar-refractivity contribution < 1.29 is 14.2 Å². The lowest BCUT2D eigenvalue weighted by atomic mass is 10.2. The van der Waals surface area contributed by atoms with Crippen LogP contribution in [0.1, 0.15) is 12.5 Å². The van der Waals surface area contributed by atoms with Crippen LogP contribution in [0, 0.1) is 6.92 Å². The molecule has 1 aromatic heterocycles. The zero-order valence-corrected chi connectivity index (χ0v) is 20.7. The number of ether oxygens (including phenoxy) is 3. The summed E-state index contributed by atoms with van der Waals surface area (Å²) in [5.74, 6) is 2.99. The van der Waals surface area contributed by atoms with Crippen LogP contribution in [0.25, 0.3) is 5.82 Å². The van der Waals surface area contributed by atoms with Crippen LogP contribution in [0.4, 0.5) is 0 Å². The van der Waals surface area contributed by atoms with E-state index in [0.29, 0.717) is 37.0 Å². The molecule has 2 aliphatic rings. The summed E-state index contributed by atoms with van der Waals surface area (Å²) in [6.45, 7) is 10.9. The van der Waals surface area contributed by atoms with Crippen molar-refractivity contribution in [3.05, 3.63) is 76.9 Å². The predicted molar refractivity (Wildman–Crippen MR) is 136 cm³/mol. The third-order valence-corrected chi connectivity index (χ3v) is 5.85. The van der Waals surface area contributed by atoms with E-state index in [1.165, 1.54) is 0 Å². The topological polar surface area (TPSA) is 87.6 Å². The number of aryl methyl sites for hydroxylation is 1. The lowest BCUT2D eigenvalue weighted by Gasteiger charge is -2.29. The minimum absolute atomic E-state index is 0.375. The third kappa shape index (κ3) is 5.81. The minimum atomic E-state index is 0.375. The van der Waals surface area contributed by atoms with E-state index >= 15 is 0 Å². The average Bonchev–Trinajstić information content (AvgIpc) is 3.18. The summed E-state index contributed by atoms with van der Waals surface area (Å²) >= 11 is 0. The second-order valence-corrected chi connectivity index (χ2v) is 8.27. The maximum absolute atomic E-state index is 6.00. The molecule has 0 unspecified atom stereocenters. The number of aliphatic imine (C=N–C) groups is 1. The zero-order valence-electron chi connectivity index (χ0n) is 20.7. The van der Waals surface area contributed by atoms with Gasteiger partial charge in [-0.1, -0.05) is 18.7 Å². The van der Waals surface area contributed by atoms with E-state index < -0.39 is 0 Å². The Kier molecular flexibility index (Phi) is 7.67. The van der Waals surface area contributed by atoms with Gasteiger partial charge in [-0.15, -0.1) is 0 Å². The van der Waals surface area contributed by atoms with Gasteiger partial charge < -0.3 is 29.0 Å². The molecule has 3 heterocycles. The highest BCUT2D eigenvalue weighted by atomic mass is 16.5. The van der Waals surface area contributed by atoms with Gasteiger partial charge in [0.05, 0.1) is 26.9 Å². The number of allylic oxidation sites excluding steroid dienone is 4. The molecular formula is C26H32N6O3. The molecule has 1 aromatic carbocycles. The number of methoxy groups -OCH3 is 1. The van der Waals surface area contributed by atoms with Gasteiger partial charge in [0.2, 0.25) is 0 Å². The number of benzene rings is 1. The van der Waals surface area contributed by atoms with Crippen molar-refractivity contribution in [1.82, 2.24) is 19.8 Å². The van der Waals surface area contributed by atoms with Crippen LogP contribution in [0.3, 0.4) is 0 Å². The standard InChI is InChI=1S/C26H32N6O3/c1-6-20(33-5)11-10-19(3)31(4)22-17-27-24-23(25(28-22)32-12-14-34-15-13-32)29-26(30-24)35-21-9-7-8-18(2)16-21/h6-11,16H,1,12-15,17H2,2-5H3,(H,27,29,30)/b19-10+,20-11+. The first-order valence-corrected chi connectivity index (χ1v) is 11.6. The summed E-state index contributed by atoms with van der Waals surface area (Å²) in [6.07, 6.45) is 5.51. The summed E-state index contributed by atoms with van der Waals surface area (Å²) in [4.78, 5) is 22.0. The van der Waals surface area contributed by atoms with Crippen molar-refractivity contribution in [3.63, 3.8) is 0 Å². The second-order valence-electron chi connectivity index (χ2n) is 8.27. The van der Waals surface area contributed by atoms with Crippen LogP contribution in [0.2, 0.25) is 0 Å². The van der Waals surface area contributed by atoms with Gasteiger partial charge in [0.15, 0.2) is 11.3 Å². The Hall–Kier alpha value is -3.85. The number of rotatable bonds is 7. The largest absolute Gasteiger partial charge is 0.497 e. The molecule has 0 radical (unpaired) electrons. The molecule has 0 amide bonds. The van der Waals surface area contributed by atoms with Crippen molar-refractivity contribution >= 4 is 11.7 Å². The maximum atomic E-state index is 6.00. The number of amidine groups is 1. The van der Waals surface area contributed by atoms with E-state index in [0.717, 1.165) is 47.1 Å². The molecule has 2 aromatic rings. The first-order valence-electron chi connectivity index (χ1n) is 11.6. The number of fused-ring (bicyclic) bond motifs is 1. The molecule has 1 N–H and O–H groups in total. The maximum Gasteiger partial charge on any atom is 0.301 e. The number of hydrogen-bond donors (Lipinski definition) is 1. The third-order valence-electron chi connectivity index (χ3n) is 5.85. The average molecular weight is 477 g/mol. The van der Waals surface area contributed by atoms with Gasteiger partial charge in [-0.25, -0.2) is 4.99 Å². The number of aromatic nitrogens is 2. The molecule has 35 heavy (non-hydrogen) atoms. The van der Waals surface area contributed by atoms with Crippen molar-refractivity contribution in [1.29, 1.82) is 0 Å². The van der Waals surface area contributed by atoms with Crippen LogP contribution in [-0.4, -0.2) is 72.6 Å². The molecule has 0 bridgehead atoms. The highest BCUT2D eigenvalue weighted by Crippen LogP contribution is 2.18. The molecule has 0 aliphatic carbocycles. The minimum Gasteiger partial charge on any atom is -0.497 e. The van der Waals surface area contributed by atoms with Crippen molar-refractivity contribution in [2.45, 2.75) is 13.8 Å². The van der Waals surface area contributed by atoms with E-state index in [-0.39, 0.29) is 0 Å². The van der Waals surface area contributed by atoms with Crippen LogP contribution in [0.5, 0.6) is 11.8 Å². The molecule has 4 rings (SSSR count). The number of nitrogens with zero attached hydrogens (tertiary/aromatic N) is 5. The zero-order chi connectivity index (χ0) is 24.8. The van der Waals surface area contributed by atoms with E-state index in [1.54, 1.807) is 13.2 Å². The summed E-state index contributed by atoms with van der Waals surface area (Å²) in [6, 6.07) is 8.24. The van der Waals surface area contributed by atoms with Gasteiger partial charge in [0.1, 0.15) is 22.7 Å². The van der Waals surface area contributed by atoms with E-state index in [9.17, 15) is 0 Å². The van der Waals surface area contributed by atoms with Crippen LogP contribution < -0.4 is 15.6 Å². The van der Waals surface area contributed by atoms with Gasteiger partial charge >= 0.3 is 6.01 Å². The van der Waals surface area contributed by atoms with Crippen LogP contribution in [0.15, 0.2) is 70.5 Å². The van der Waals surface area contributed by atoms with Crippen molar-refractivity contribution in [2.75, 3.05) is 47.0 Å². The smallest absolute Gasteiger partial charge is 0.301 e. The molecule has 9 heteroatoms. The van der Waals surface area contributed by atoms with Gasteiger partial charge in [0, 0.05) is 25.8 Å². The Morgan fingerprint density at radius 3 is 2.77 bits per heavy atom. The van der Waals surface area contributed by atoms with Crippen molar-refractivity contribution in [3.8, 4) is 11.8 Å². The number of H-pyrrole nitrogens is 1. The van der Waals surface area contributed by atoms with Crippen LogP contribution in [-0.2, 0) is 9.47 Å². The van der Waals surface area contributed by atoms with E-state index in [2.05, 4.69) is 21.4 Å². The molecule has 0 atom stereocenters. The summed E-state index contributed by atoms with van der Waals surface area (Å²) in [5.41, 5.74) is 2.68. The van der Waals surface area contributed by atoms with E-state index in [1.807, 2.05) is 62.2 Å². The molecule has 0 saturated carbocycles. The molecule has 9 nitrogen and oxygen atoms in total. The lowest BCUT2D eigenvalue weighted by Crippen LogP contribution is -2.40. The highest BCUT2D eigenvalue weighted by molar-refractivity contribution is 5.89. The fraction of sp³-hybridized carbons (Fsp3) is 0.346. The Morgan fingerprint density at radius 1 is 1.26 bits per heavy atom. The molecule has 184 valence electrons. The van der Waals surface area contributed by atoms with Gasteiger partial charge in [-0.05, 0) is 49.8 Å². The summed E-state index contributed by atoms with van der Waals surface area (Å²) in [5, 5.41) is 0.743. The number of likely N-dealkylation sites (N-methyl/N-ethyl adjacent to an activating group) is 1. The lowest BCUT2D eigenvalue weighted by molar-refractivity contribution is 0.0625. The fourth-order valence-electron chi connectivity index (χ4n) is 3.73. The van der Waals surface area contributed by atoms with Gasteiger partial charge in [-0.3, -0.25) is 4.99 Å². The first kappa shape index (κ1) is 24.3. The molecule has 1 fully saturated rings. The first-order chi connectivity index (χ1) is 17.0. The number of imidazole rings is 1. The van der Waals surface area contributed by atoms with Crippen LogP contribution >= 0.6 is 0 Å². The predicted octanol–water partition coefficient (Wildman–Crippen LogP) is 2.49. The van der Waals surface area contributed by atoms with E-state index in [4.69, 9.17) is 24.2 Å². The fourth-order valence-corrected chi connectivity index (χ4v) is 3.73. The van der Waals surface area contributed by atoms with Gasteiger partial charge in [0.25, 0.3) is 0 Å². The molecule has 2 aliphatic heterocycles. The summed E-state index contributed by atoms with van der Waals surface area (Å²) < 4.78 is 16.8. The molecule has 0 spiro atoms. The highest BCUT2D eigenvalue weighted by Gasteiger charge is 2.21. The number of hydrogen-bond acceptors (Lipinski definition) is 8. The number of morpholine rings is 1. The number of nitrogens with one attached hydrogen (secondary N) is 1. The van der Waals surface area contributed by atoms with Gasteiger partial charge in [-0.2, -0.15) is 4.98 Å². The number of aromatic amines is 1. The summed E-state index contributed by atoms with van der Waals surface area (Å²) in [7, 11) is 3.60. The second kappa shape index (κ2) is 11.1. The Balaban J connectivity index is 1.72. The van der Waals surface area contributed by atoms with Crippen molar-refractivity contribution in [2.24, 2.45) is 9.98 Å². The normalized spacial score (nSPS) is 16.6. The monoisotopic (exact) mass is 476 g/mol. The SMILES string of the molecule is C=C/C(=C\C=C(/C)N(C)C1=NC(N2CCOCC2)=c2[nH]c(Oc3cccc(C)c3)nc2=NC1)OC. The molecular weight excluding hydrogens is 444 g/mol. The Bertz CT molecular complexity index is 1280. The Labute approximate surface area is 205 Å². The Morgan fingerprint density at radius 2 is 2.06 bits per heavy atom.